The Bertz CT molecular complexity index is 1810. The number of fused-ring (bicyclic) bond motifs is 2. The number of benzene rings is 3. The number of aliphatic hydroxyl groups is 2. The SMILES string of the molecule is C[C@H](O)C(=O)Nc1ccc(CN2C(=O)[C@]3(O[C@H](CCn4cc(C(CO)c5ccccc5)nn4)[C@@H]([Si](C)(C)O)[C@@H]3C)c3cc(Cl)ccc32)cc1. The van der Waals surface area contributed by atoms with Crippen LogP contribution in [0.5, 0.6) is 0 Å². The van der Waals surface area contributed by atoms with Gasteiger partial charge in [-0.2, -0.15) is 0 Å². The zero-order valence-corrected chi connectivity index (χ0v) is 29.7. The van der Waals surface area contributed by atoms with Crippen molar-refractivity contribution in [2.75, 3.05) is 16.8 Å². The molecule has 2 aliphatic rings. The fourth-order valence-electron chi connectivity index (χ4n) is 7.50. The minimum atomic E-state index is -2.89. The molecule has 2 amide bonds. The van der Waals surface area contributed by atoms with E-state index in [1.165, 1.54) is 6.92 Å². The Morgan fingerprint density at radius 2 is 1.84 bits per heavy atom. The molecule has 1 fully saturated rings. The molecule has 0 saturated carbocycles. The lowest BCUT2D eigenvalue weighted by molar-refractivity contribution is -0.146. The van der Waals surface area contributed by atoms with Crippen LogP contribution in [-0.4, -0.2) is 68.9 Å². The Morgan fingerprint density at radius 1 is 1.12 bits per heavy atom. The summed E-state index contributed by atoms with van der Waals surface area (Å²) >= 11 is 6.54. The maximum atomic E-state index is 14.7. The van der Waals surface area contributed by atoms with Crippen molar-refractivity contribution in [1.29, 1.82) is 0 Å². The lowest BCUT2D eigenvalue weighted by Crippen LogP contribution is -2.46. The van der Waals surface area contributed by atoms with Gasteiger partial charge in [0.25, 0.3) is 11.8 Å². The number of carbonyl (C=O) groups excluding carboxylic acids is 2. The van der Waals surface area contributed by atoms with Crippen molar-refractivity contribution in [3.8, 4) is 0 Å². The maximum absolute atomic E-state index is 14.7. The van der Waals surface area contributed by atoms with E-state index in [2.05, 4.69) is 15.6 Å². The van der Waals surface area contributed by atoms with E-state index in [1.54, 1.807) is 33.8 Å². The third kappa shape index (κ3) is 6.68. The number of halogens is 1. The number of aryl methyl sites for hydroxylation is 1. The van der Waals surface area contributed by atoms with Crippen LogP contribution < -0.4 is 10.2 Å². The molecule has 4 aromatic rings. The van der Waals surface area contributed by atoms with Crippen molar-refractivity contribution in [3.05, 3.63) is 106 Å². The number of rotatable bonds is 11. The molecule has 13 heteroatoms. The van der Waals surface area contributed by atoms with Gasteiger partial charge in [-0.1, -0.05) is 66.2 Å². The first-order valence-corrected chi connectivity index (χ1v) is 19.9. The molecule has 1 unspecified atom stereocenters. The van der Waals surface area contributed by atoms with E-state index in [0.717, 1.165) is 11.1 Å². The van der Waals surface area contributed by atoms with Crippen molar-refractivity contribution in [3.63, 3.8) is 0 Å². The standard InChI is InChI=1S/C36H42ClN5O6Si/c1-22-33(49(3,4)47)32(16-17-41-20-30(39-40-41)28(21-43)25-8-6-5-7-9-25)48-36(22)29-18-26(37)12-15-31(29)42(35(36)46)19-24-10-13-27(14-11-24)38-34(45)23(2)44/h5-15,18,20,22-23,28,32-33,43-44,47H,16-17,19,21H2,1-4H3,(H,38,45)/t22-,23-,28?,32+,33-,36+/m0/s1. The van der Waals surface area contributed by atoms with E-state index in [9.17, 15) is 24.6 Å². The number of nitrogens with zero attached hydrogens (tertiary/aromatic N) is 4. The van der Waals surface area contributed by atoms with Crippen LogP contribution in [0, 0.1) is 5.92 Å². The van der Waals surface area contributed by atoms with Crippen LogP contribution in [0.4, 0.5) is 11.4 Å². The van der Waals surface area contributed by atoms with Gasteiger partial charge in [-0.05, 0) is 67.9 Å². The summed E-state index contributed by atoms with van der Waals surface area (Å²) in [4.78, 5) is 40.0. The third-order valence-electron chi connectivity index (χ3n) is 9.83. The van der Waals surface area contributed by atoms with Gasteiger partial charge in [0.2, 0.25) is 0 Å². The molecule has 1 saturated heterocycles. The van der Waals surface area contributed by atoms with Crippen molar-refractivity contribution >= 4 is 43.1 Å². The van der Waals surface area contributed by atoms with Crippen LogP contribution >= 0.6 is 11.6 Å². The number of anilines is 2. The monoisotopic (exact) mass is 703 g/mol. The van der Waals surface area contributed by atoms with E-state index >= 15 is 0 Å². The first-order valence-electron chi connectivity index (χ1n) is 16.5. The average molecular weight is 704 g/mol. The van der Waals surface area contributed by atoms with Crippen molar-refractivity contribution in [2.24, 2.45) is 5.92 Å². The van der Waals surface area contributed by atoms with Crippen molar-refractivity contribution in [1.82, 2.24) is 15.0 Å². The number of ether oxygens (including phenoxy) is 1. The quantitative estimate of drug-likeness (QED) is 0.163. The highest BCUT2D eigenvalue weighted by Gasteiger charge is 2.66. The zero-order chi connectivity index (χ0) is 35.1. The van der Waals surface area contributed by atoms with Gasteiger partial charge in [-0.25, -0.2) is 0 Å². The number of aromatic nitrogens is 3. The van der Waals surface area contributed by atoms with Crippen LogP contribution in [0.3, 0.4) is 0 Å². The molecule has 0 bridgehead atoms. The number of hydrogen-bond donors (Lipinski definition) is 4. The normalized spacial score (nSPS) is 23.1. The summed E-state index contributed by atoms with van der Waals surface area (Å²) < 4.78 is 8.65. The maximum Gasteiger partial charge on any atom is 0.264 e. The Labute approximate surface area is 291 Å². The van der Waals surface area contributed by atoms with Gasteiger partial charge in [0.15, 0.2) is 13.9 Å². The first-order chi connectivity index (χ1) is 23.3. The predicted octanol–water partition coefficient (Wildman–Crippen LogP) is 4.81. The molecule has 1 spiro atoms. The molecule has 0 radical (unpaired) electrons. The Balaban J connectivity index is 1.26. The molecule has 6 rings (SSSR count). The second kappa shape index (κ2) is 13.8. The largest absolute Gasteiger partial charge is 0.432 e. The molecule has 2 aliphatic heterocycles. The molecule has 49 heavy (non-hydrogen) atoms. The van der Waals surface area contributed by atoms with Crippen molar-refractivity contribution in [2.45, 2.75) is 75.7 Å². The molecule has 258 valence electrons. The second-order valence-corrected chi connectivity index (χ2v) is 18.0. The average Bonchev–Trinajstić information content (AvgIpc) is 3.72. The van der Waals surface area contributed by atoms with Gasteiger partial charge in [0.05, 0.1) is 36.6 Å². The minimum absolute atomic E-state index is 0.106. The van der Waals surface area contributed by atoms with Gasteiger partial charge in [0, 0.05) is 40.5 Å². The summed E-state index contributed by atoms with van der Waals surface area (Å²) in [5.41, 5.74) is 2.71. The molecule has 3 aromatic carbocycles. The van der Waals surface area contributed by atoms with Crippen LogP contribution in [0.25, 0.3) is 0 Å². The van der Waals surface area contributed by atoms with Crippen LogP contribution in [-0.2, 0) is 33.0 Å². The Morgan fingerprint density at radius 3 is 2.49 bits per heavy atom. The van der Waals surface area contributed by atoms with E-state index in [-0.39, 0.29) is 36.4 Å². The van der Waals surface area contributed by atoms with Crippen LogP contribution in [0.2, 0.25) is 23.7 Å². The summed E-state index contributed by atoms with van der Waals surface area (Å²) in [6, 6.07) is 22.2. The molecular weight excluding hydrogens is 662 g/mol. The number of hydrogen-bond acceptors (Lipinski definition) is 8. The van der Waals surface area contributed by atoms with Gasteiger partial charge in [-0.15, -0.1) is 5.10 Å². The van der Waals surface area contributed by atoms with Crippen molar-refractivity contribution < 1.29 is 29.3 Å². The summed E-state index contributed by atoms with van der Waals surface area (Å²) in [6.07, 6.45) is 0.720. The van der Waals surface area contributed by atoms with Gasteiger partial charge < -0.3 is 30.0 Å². The third-order valence-corrected chi connectivity index (χ3v) is 12.6. The lowest BCUT2D eigenvalue weighted by atomic mass is 9.82. The molecular formula is C36H42ClN5O6Si. The molecule has 1 aromatic heterocycles. The van der Waals surface area contributed by atoms with E-state index in [4.69, 9.17) is 16.3 Å². The minimum Gasteiger partial charge on any atom is -0.432 e. The van der Waals surface area contributed by atoms with Crippen LogP contribution in [0.1, 0.15) is 48.6 Å². The van der Waals surface area contributed by atoms with Gasteiger partial charge in [-0.3, -0.25) is 14.3 Å². The topological polar surface area (TPSA) is 150 Å². The molecule has 3 heterocycles. The zero-order valence-electron chi connectivity index (χ0n) is 28.0. The van der Waals surface area contributed by atoms with Gasteiger partial charge in [0.1, 0.15) is 6.10 Å². The smallest absolute Gasteiger partial charge is 0.264 e. The van der Waals surface area contributed by atoms with Crippen LogP contribution in [0.15, 0.2) is 79.0 Å². The lowest BCUT2D eigenvalue weighted by Gasteiger charge is -2.32. The second-order valence-electron chi connectivity index (χ2n) is 13.6. The summed E-state index contributed by atoms with van der Waals surface area (Å²) in [5, 5.41) is 31.5. The first kappa shape index (κ1) is 34.9. The molecule has 0 aliphatic carbocycles. The number of aliphatic hydroxyl groups excluding tert-OH is 2. The number of amides is 2. The van der Waals surface area contributed by atoms with E-state index in [0.29, 0.717) is 40.6 Å². The summed E-state index contributed by atoms with van der Waals surface area (Å²) in [7, 11) is -2.89. The highest BCUT2D eigenvalue weighted by molar-refractivity contribution is 6.71. The van der Waals surface area contributed by atoms with Gasteiger partial charge >= 0.3 is 0 Å². The molecule has 4 N–H and O–H groups in total. The fraction of sp³-hybridized carbons (Fsp3) is 0.389. The Hall–Kier alpha value is -3.91. The highest BCUT2D eigenvalue weighted by Crippen LogP contribution is 2.60. The number of carbonyl (C=O) groups is 2. The molecule has 6 atom stereocenters. The van der Waals surface area contributed by atoms with E-state index in [1.807, 2.05) is 74.7 Å². The highest BCUT2D eigenvalue weighted by atomic mass is 35.5. The summed E-state index contributed by atoms with van der Waals surface area (Å²) in [6.45, 7) is 7.74. The van der Waals surface area contributed by atoms with E-state index < -0.39 is 32.0 Å². The predicted molar refractivity (Wildman–Crippen MR) is 189 cm³/mol. The number of nitrogens with one attached hydrogen (secondary N) is 1. The summed E-state index contributed by atoms with van der Waals surface area (Å²) in [5.74, 6) is -1.39. The fourth-order valence-corrected chi connectivity index (χ4v) is 10.3. The Kier molecular flexibility index (Phi) is 9.82. The molecule has 11 nitrogen and oxygen atoms in total.